The summed E-state index contributed by atoms with van der Waals surface area (Å²) < 4.78 is 0. The van der Waals surface area contributed by atoms with E-state index in [1.54, 1.807) is 4.90 Å². The molecule has 0 unspecified atom stereocenters. The highest BCUT2D eigenvalue weighted by atomic mass is 16.2. The average molecular weight is 270 g/mol. The molecule has 0 aliphatic heterocycles. The molecule has 20 heavy (non-hydrogen) atoms. The molecule has 1 N–H and O–H groups in total. The average Bonchev–Trinajstić information content (AvgIpc) is 3.18. The molecule has 0 spiro atoms. The fraction of sp³-hybridized carbons (Fsp3) is 0.400. The Balaban J connectivity index is 1.75. The monoisotopic (exact) mass is 270 g/mol. The Kier molecular flexibility index (Phi) is 3.04. The highest BCUT2D eigenvalue weighted by Crippen LogP contribution is 2.49. The number of aromatic amines is 1. The van der Waals surface area contributed by atoms with E-state index in [9.17, 15) is 4.79 Å². The molecule has 0 radical (unpaired) electrons. The number of aryl methyl sites for hydroxylation is 1. The van der Waals surface area contributed by atoms with Crippen LogP contribution in [0.25, 0.3) is 0 Å². The predicted molar refractivity (Wildman–Crippen MR) is 74.9 cm³/mol. The molecular formula is C15H18N4O. The minimum Gasteiger partial charge on any atom is -0.337 e. The van der Waals surface area contributed by atoms with E-state index in [4.69, 9.17) is 0 Å². The van der Waals surface area contributed by atoms with Crippen LogP contribution >= 0.6 is 0 Å². The normalized spacial score (nSPS) is 15.9. The number of carbonyl (C=O) groups is 1. The first-order valence-corrected chi connectivity index (χ1v) is 6.81. The van der Waals surface area contributed by atoms with Crippen molar-refractivity contribution in [3.63, 3.8) is 0 Å². The molecule has 1 aromatic heterocycles. The summed E-state index contributed by atoms with van der Waals surface area (Å²) in [4.78, 5) is 18.7. The minimum absolute atomic E-state index is 0.158. The minimum atomic E-state index is -0.318. The molecule has 0 bridgehead atoms. The van der Waals surface area contributed by atoms with Gasteiger partial charge in [-0.05, 0) is 25.3 Å². The molecule has 2 aromatic rings. The Hall–Kier alpha value is -2.17. The Labute approximate surface area is 118 Å². The van der Waals surface area contributed by atoms with Gasteiger partial charge in [-0.25, -0.2) is 4.98 Å². The second-order valence-electron chi connectivity index (χ2n) is 5.45. The summed E-state index contributed by atoms with van der Waals surface area (Å²) in [7, 11) is 1.82. The Morgan fingerprint density at radius 2 is 2.05 bits per heavy atom. The number of carbonyl (C=O) groups excluding carboxylic acids is 1. The summed E-state index contributed by atoms with van der Waals surface area (Å²) in [6.45, 7) is 2.29. The Morgan fingerprint density at radius 1 is 1.35 bits per heavy atom. The number of hydrogen-bond donors (Lipinski definition) is 1. The van der Waals surface area contributed by atoms with Gasteiger partial charge in [-0.1, -0.05) is 30.3 Å². The van der Waals surface area contributed by atoms with Crippen molar-refractivity contribution >= 4 is 5.91 Å². The molecule has 1 aliphatic carbocycles. The van der Waals surface area contributed by atoms with Gasteiger partial charge in [0.15, 0.2) is 5.82 Å². The zero-order valence-corrected chi connectivity index (χ0v) is 11.8. The van der Waals surface area contributed by atoms with E-state index in [1.807, 2.05) is 44.3 Å². The van der Waals surface area contributed by atoms with Gasteiger partial charge in [0, 0.05) is 7.05 Å². The molecule has 5 heteroatoms. The summed E-state index contributed by atoms with van der Waals surface area (Å²) in [5.41, 5.74) is 0.796. The maximum absolute atomic E-state index is 12.7. The number of nitrogens with zero attached hydrogens (tertiary/aromatic N) is 3. The molecule has 3 rings (SSSR count). The van der Waals surface area contributed by atoms with Crippen molar-refractivity contribution in [2.45, 2.75) is 31.7 Å². The van der Waals surface area contributed by atoms with E-state index in [-0.39, 0.29) is 11.3 Å². The van der Waals surface area contributed by atoms with E-state index in [2.05, 4.69) is 15.2 Å². The zero-order chi connectivity index (χ0) is 14.2. The number of rotatable bonds is 4. The van der Waals surface area contributed by atoms with Gasteiger partial charge in [-0.2, -0.15) is 5.10 Å². The number of benzene rings is 1. The Morgan fingerprint density at radius 3 is 2.60 bits per heavy atom. The number of aromatic nitrogens is 3. The van der Waals surface area contributed by atoms with Crippen LogP contribution in [0.5, 0.6) is 0 Å². The van der Waals surface area contributed by atoms with Crippen molar-refractivity contribution in [3.05, 3.63) is 47.5 Å². The fourth-order valence-electron chi connectivity index (χ4n) is 2.62. The second-order valence-corrected chi connectivity index (χ2v) is 5.45. The van der Waals surface area contributed by atoms with Crippen molar-refractivity contribution in [1.82, 2.24) is 20.1 Å². The van der Waals surface area contributed by atoms with Gasteiger partial charge in [-0.15, -0.1) is 0 Å². The molecule has 1 heterocycles. The number of nitrogens with one attached hydrogen (secondary N) is 1. The van der Waals surface area contributed by atoms with Gasteiger partial charge < -0.3 is 4.90 Å². The third kappa shape index (κ3) is 2.19. The summed E-state index contributed by atoms with van der Waals surface area (Å²) in [5.74, 6) is 1.58. The molecule has 1 amide bonds. The maximum Gasteiger partial charge on any atom is 0.233 e. The molecule has 1 fully saturated rings. The highest BCUT2D eigenvalue weighted by molar-refractivity contribution is 5.91. The summed E-state index contributed by atoms with van der Waals surface area (Å²) in [5, 5.41) is 6.88. The quantitative estimate of drug-likeness (QED) is 0.921. The van der Waals surface area contributed by atoms with Crippen molar-refractivity contribution < 1.29 is 4.79 Å². The number of amides is 1. The van der Waals surface area contributed by atoms with E-state index >= 15 is 0 Å². The lowest BCUT2D eigenvalue weighted by molar-refractivity contribution is -0.133. The molecule has 0 saturated heterocycles. The molecule has 104 valence electrons. The van der Waals surface area contributed by atoms with Crippen LogP contribution in [0.2, 0.25) is 0 Å². The van der Waals surface area contributed by atoms with E-state index in [0.717, 1.165) is 24.2 Å². The van der Waals surface area contributed by atoms with Crippen LogP contribution in [0, 0.1) is 6.92 Å². The third-order valence-corrected chi connectivity index (χ3v) is 3.85. The predicted octanol–water partition coefficient (Wildman–Crippen LogP) is 1.80. The molecule has 1 saturated carbocycles. The Bertz CT molecular complexity index is 616. The lowest BCUT2D eigenvalue weighted by Crippen LogP contribution is -2.36. The van der Waals surface area contributed by atoms with Gasteiger partial charge in [0.2, 0.25) is 5.91 Å². The van der Waals surface area contributed by atoms with E-state index in [1.165, 1.54) is 0 Å². The summed E-state index contributed by atoms with van der Waals surface area (Å²) in [6.07, 6.45) is 1.85. The SMILES string of the molecule is Cc1nc(CN(C)C(=O)C2(c3ccccc3)CC2)n[nH]1. The molecular weight excluding hydrogens is 252 g/mol. The standard InChI is InChI=1S/C15H18N4O/c1-11-16-13(18-17-11)10-19(2)14(20)15(8-9-15)12-6-4-3-5-7-12/h3-7H,8-10H2,1-2H3,(H,16,17,18). The van der Waals surface area contributed by atoms with Crippen molar-refractivity contribution in [3.8, 4) is 0 Å². The van der Waals surface area contributed by atoms with Crippen LogP contribution in [-0.4, -0.2) is 33.0 Å². The number of H-pyrrole nitrogens is 1. The fourth-order valence-corrected chi connectivity index (χ4v) is 2.62. The van der Waals surface area contributed by atoms with Crippen LogP contribution < -0.4 is 0 Å². The van der Waals surface area contributed by atoms with Gasteiger partial charge >= 0.3 is 0 Å². The van der Waals surface area contributed by atoms with Crippen LogP contribution in [0.3, 0.4) is 0 Å². The first kappa shape index (κ1) is 12.8. The molecule has 1 aliphatic rings. The lowest BCUT2D eigenvalue weighted by Gasteiger charge is -2.22. The molecule has 0 atom stereocenters. The molecule has 1 aromatic carbocycles. The van der Waals surface area contributed by atoms with Crippen LogP contribution in [0.1, 0.15) is 30.1 Å². The lowest BCUT2D eigenvalue weighted by atomic mass is 9.94. The first-order chi connectivity index (χ1) is 9.62. The first-order valence-electron chi connectivity index (χ1n) is 6.81. The smallest absolute Gasteiger partial charge is 0.233 e. The second kappa shape index (κ2) is 4.74. The van der Waals surface area contributed by atoms with Gasteiger partial charge in [0.25, 0.3) is 0 Å². The molecule has 5 nitrogen and oxygen atoms in total. The van der Waals surface area contributed by atoms with Gasteiger partial charge in [0.05, 0.1) is 12.0 Å². The highest BCUT2D eigenvalue weighted by Gasteiger charge is 2.52. The number of hydrogen-bond acceptors (Lipinski definition) is 3. The summed E-state index contributed by atoms with van der Waals surface area (Å²) in [6, 6.07) is 10.0. The van der Waals surface area contributed by atoms with Crippen molar-refractivity contribution in [2.24, 2.45) is 0 Å². The van der Waals surface area contributed by atoms with Gasteiger partial charge in [-0.3, -0.25) is 9.89 Å². The summed E-state index contributed by atoms with van der Waals surface area (Å²) >= 11 is 0. The van der Waals surface area contributed by atoms with Gasteiger partial charge in [0.1, 0.15) is 5.82 Å². The zero-order valence-electron chi connectivity index (χ0n) is 11.8. The van der Waals surface area contributed by atoms with E-state index in [0.29, 0.717) is 12.4 Å². The van der Waals surface area contributed by atoms with Crippen molar-refractivity contribution in [1.29, 1.82) is 0 Å². The number of likely N-dealkylation sites (N-methyl/N-ethyl adjacent to an activating group) is 1. The largest absolute Gasteiger partial charge is 0.337 e. The topological polar surface area (TPSA) is 61.9 Å². The van der Waals surface area contributed by atoms with Crippen LogP contribution in [-0.2, 0) is 16.8 Å². The maximum atomic E-state index is 12.7. The van der Waals surface area contributed by atoms with Crippen LogP contribution in [0.4, 0.5) is 0 Å². The third-order valence-electron chi connectivity index (χ3n) is 3.85. The van der Waals surface area contributed by atoms with Crippen LogP contribution in [0.15, 0.2) is 30.3 Å². The van der Waals surface area contributed by atoms with E-state index < -0.39 is 0 Å². The van der Waals surface area contributed by atoms with Crippen molar-refractivity contribution in [2.75, 3.05) is 7.05 Å².